The molecule has 36 heavy (non-hydrogen) atoms. The van der Waals surface area contributed by atoms with Crippen LogP contribution in [0.5, 0.6) is 0 Å². The maximum atomic E-state index is 10.5. The molecule has 8 heteroatoms. The summed E-state index contributed by atoms with van der Waals surface area (Å²) in [6.07, 6.45) is -5.19. The zero-order valence-corrected chi connectivity index (χ0v) is 25.4. The van der Waals surface area contributed by atoms with Crippen LogP contribution in [0.3, 0.4) is 0 Å². The van der Waals surface area contributed by atoms with Crippen LogP contribution in [-0.2, 0) is 4.79 Å². The highest BCUT2D eigenvalue weighted by Crippen LogP contribution is 2.11. The molecule has 0 bridgehead atoms. The lowest BCUT2D eigenvalue weighted by Gasteiger charge is -2.03. The van der Waals surface area contributed by atoms with Gasteiger partial charge < -0.3 is 26.9 Å². The summed E-state index contributed by atoms with van der Waals surface area (Å²) in [5.41, 5.74) is 2.68. The number of aryl methyl sites for hydroxylation is 2. The number of rotatable bonds is 4. The number of hydrogen-bond acceptors (Lipinski definition) is 2. The number of carboxylic acids is 1. The summed E-state index contributed by atoms with van der Waals surface area (Å²) in [5, 5.41) is 8.78. The fourth-order valence-corrected chi connectivity index (χ4v) is 6.83. The van der Waals surface area contributed by atoms with Crippen LogP contribution in [0.25, 0.3) is 0 Å². The molecule has 0 saturated heterocycles. The van der Waals surface area contributed by atoms with Gasteiger partial charge in [-0.05, 0) is 62.4 Å². The monoisotopic (exact) mass is 782 g/mol. The molecule has 0 heterocycles. The Balaban J connectivity index is 0.000000283. The van der Waals surface area contributed by atoms with Crippen molar-refractivity contribution in [2.24, 2.45) is 0 Å². The van der Waals surface area contributed by atoms with Crippen molar-refractivity contribution in [1.29, 1.82) is 0 Å². The summed E-state index contributed by atoms with van der Waals surface area (Å²) in [7, 11) is 0. The number of alkyl halides is 3. The van der Waals surface area contributed by atoms with Crippen molar-refractivity contribution in [2.75, 3.05) is 0 Å². The topological polar surface area (TPSA) is 40.1 Å². The summed E-state index contributed by atoms with van der Waals surface area (Å²) in [6.45, 7) is 4.26. The Hall–Kier alpha value is -1.92. The largest absolute Gasteiger partial charge is 1.00 e. The van der Waals surface area contributed by atoms with Gasteiger partial charge in [0.05, 0.1) is 0 Å². The maximum absolute atomic E-state index is 10.5. The fraction of sp³-hybridized carbons (Fsp3) is 0.107. The maximum Gasteiger partial charge on any atom is 0.430 e. The highest BCUT2D eigenvalue weighted by molar-refractivity contribution is 5.70. The highest BCUT2D eigenvalue weighted by atomic mass is 127. The van der Waals surface area contributed by atoms with Crippen LogP contribution in [-0.4, -0.2) is 12.1 Å². The van der Waals surface area contributed by atoms with E-state index in [0.717, 1.165) is 0 Å². The molecule has 0 aliphatic carbocycles. The van der Waals surface area contributed by atoms with Crippen LogP contribution >= 0.6 is 0 Å². The first-order valence-electron chi connectivity index (χ1n) is 10.4. The van der Waals surface area contributed by atoms with E-state index in [-0.39, 0.29) is 59.4 Å². The first-order valence-corrected chi connectivity index (χ1v) is 14.8. The summed E-state index contributed by atoms with van der Waals surface area (Å²) in [4.78, 5) is 8.78. The molecule has 2 nitrogen and oxygen atoms in total. The predicted molar refractivity (Wildman–Crippen MR) is 121 cm³/mol. The van der Waals surface area contributed by atoms with E-state index in [1.54, 1.807) is 0 Å². The Morgan fingerprint density at radius 2 is 0.833 bits per heavy atom. The number of carbonyl (C=O) groups is 1. The molecule has 4 aromatic carbocycles. The van der Waals surface area contributed by atoms with E-state index >= 15 is 0 Å². The summed E-state index contributed by atoms with van der Waals surface area (Å²) in [6, 6.07) is 39.2. The van der Waals surface area contributed by atoms with Crippen LogP contribution in [0.1, 0.15) is 11.1 Å². The van der Waals surface area contributed by atoms with Crippen molar-refractivity contribution in [1.82, 2.24) is 0 Å². The first-order chi connectivity index (χ1) is 16.6. The van der Waals surface area contributed by atoms with E-state index < -0.39 is 12.1 Å². The molecular weight excluding hydrogens is 759 g/mol. The van der Waals surface area contributed by atoms with Gasteiger partial charge >= 0.3 is 48.6 Å². The molecule has 0 N–H and O–H groups in total. The Morgan fingerprint density at radius 3 is 1.08 bits per heavy atom. The molecule has 190 valence electrons. The Labute approximate surface area is 241 Å². The van der Waals surface area contributed by atoms with Gasteiger partial charge in [-0.3, -0.25) is 0 Å². The van der Waals surface area contributed by atoms with Gasteiger partial charge in [-0.25, -0.2) is 0 Å². The quantitative estimate of drug-likeness (QED) is 0.203. The normalized spacial score (nSPS) is 10.0. The van der Waals surface area contributed by atoms with E-state index in [2.05, 4.69) is 123 Å². The first kappa shape index (κ1) is 32.1. The molecular formula is C28H24BrF3I2O2. The Kier molecular flexibility index (Phi) is 14.9. The minimum absolute atomic E-state index is 0. The minimum atomic E-state index is -5.19. The van der Waals surface area contributed by atoms with Gasteiger partial charge in [-0.15, -0.1) is 0 Å². The van der Waals surface area contributed by atoms with Gasteiger partial charge in [0.25, 0.3) is 0 Å². The minimum Gasteiger partial charge on any atom is -1.00 e. The molecule has 4 aromatic rings. The van der Waals surface area contributed by atoms with Gasteiger partial charge in [0.1, 0.15) is 5.97 Å². The lowest BCUT2D eigenvalue weighted by atomic mass is 10.2. The standard InChI is InChI=1S/2C13H12I.C2HF3O2.BrH/c2*1-11-7-9-13(10-8-11)14-12-5-3-2-4-6-12;3-2(4,5)1(6)7;/h2*2-10H,1H3;(H,6,7);1H/q2*+1;;/p-2. The van der Waals surface area contributed by atoms with Crippen LogP contribution in [0.15, 0.2) is 109 Å². The second kappa shape index (κ2) is 16.8. The van der Waals surface area contributed by atoms with Crippen LogP contribution < -0.4 is 64.5 Å². The van der Waals surface area contributed by atoms with Crippen molar-refractivity contribution in [2.45, 2.75) is 20.0 Å². The average molecular weight is 783 g/mol. The smallest absolute Gasteiger partial charge is 0.430 e. The molecule has 4 rings (SSSR count). The van der Waals surface area contributed by atoms with Gasteiger partial charge in [-0.1, -0.05) is 71.8 Å². The molecule has 0 aliphatic heterocycles. The van der Waals surface area contributed by atoms with Gasteiger partial charge in [0.15, 0.2) is 14.3 Å². The van der Waals surface area contributed by atoms with E-state index in [9.17, 15) is 13.2 Å². The average Bonchev–Trinajstić information content (AvgIpc) is 2.84. The lowest BCUT2D eigenvalue weighted by Crippen LogP contribution is -3.61. The predicted octanol–water partition coefficient (Wildman–Crippen LogP) is -3.45. The number of aliphatic carboxylic acids is 1. The Morgan fingerprint density at radius 1 is 0.583 bits per heavy atom. The molecule has 0 atom stereocenters. The summed E-state index contributed by atoms with van der Waals surface area (Å²) in [5.74, 6) is -3.01. The third kappa shape index (κ3) is 13.4. The Bertz CT molecular complexity index is 1070. The van der Waals surface area contributed by atoms with E-state index in [4.69, 9.17) is 9.90 Å². The highest BCUT2D eigenvalue weighted by Gasteiger charge is 2.28. The fourth-order valence-electron chi connectivity index (χ4n) is 2.40. The molecule has 0 fully saturated rings. The van der Waals surface area contributed by atoms with Crippen LogP contribution in [0.4, 0.5) is 13.2 Å². The summed E-state index contributed by atoms with van der Waals surface area (Å²) >= 11 is 0.0318. The van der Waals surface area contributed by atoms with Crippen molar-refractivity contribution in [3.8, 4) is 0 Å². The molecule has 0 radical (unpaired) electrons. The number of benzene rings is 4. The van der Waals surface area contributed by atoms with E-state index in [1.807, 2.05) is 0 Å². The molecule has 0 saturated carbocycles. The van der Waals surface area contributed by atoms with Crippen molar-refractivity contribution in [3.05, 3.63) is 135 Å². The molecule has 0 amide bonds. The third-order valence-corrected chi connectivity index (χ3v) is 9.52. The third-order valence-electron chi connectivity index (χ3n) is 4.16. The van der Waals surface area contributed by atoms with Crippen LogP contribution in [0, 0.1) is 28.1 Å². The number of carbonyl (C=O) groups excluding carboxylic acids is 1. The lowest BCUT2D eigenvalue weighted by molar-refractivity contribution is -0.597. The molecule has 0 aromatic heterocycles. The van der Waals surface area contributed by atoms with Crippen molar-refractivity contribution < 1.29 is 82.5 Å². The van der Waals surface area contributed by atoms with Crippen molar-refractivity contribution >= 4 is 5.97 Å². The summed E-state index contributed by atoms with van der Waals surface area (Å²) < 4.78 is 37.5. The second-order valence-electron chi connectivity index (χ2n) is 7.16. The number of hydrogen-bond donors (Lipinski definition) is 0. The van der Waals surface area contributed by atoms with Gasteiger partial charge in [0, 0.05) is 0 Å². The SMILES string of the molecule is Cc1ccc([I+]c2ccccc2)cc1.Cc1ccc([I+]c2ccccc2)cc1.O=C([O-])C(F)(F)F.[Br-]. The molecule has 0 spiro atoms. The second-order valence-corrected chi connectivity index (χ2v) is 13.2. The molecule has 0 unspecified atom stereocenters. The number of carboxylic acid groups (broad SMARTS) is 1. The zero-order valence-electron chi connectivity index (χ0n) is 19.5. The van der Waals surface area contributed by atoms with Gasteiger partial charge in [-0.2, -0.15) is 13.2 Å². The van der Waals surface area contributed by atoms with Crippen molar-refractivity contribution in [3.63, 3.8) is 0 Å². The van der Waals surface area contributed by atoms with Crippen LogP contribution in [0.2, 0.25) is 0 Å². The zero-order chi connectivity index (χ0) is 25.7. The molecule has 0 aliphatic rings. The van der Waals surface area contributed by atoms with Gasteiger partial charge in [0.2, 0.25) is 0 Å². The van der Waals surface area contributed by atoms with E-state index in [0.29, 0.717) is 0 Å². The number of halogens is 6. The van der Waals surface area contributed by atoms with E-state index in [1.165, 1.54) is 25.4 Å².